The molecule has 8 N–H and O–H groups in total. The first-order valence-corrected chi connectivity index (χ1v) is 25.0. The van der Waals surface area contributed by atoms with Gasteiger partial charge in [0.05, 0.1) is 11.1 Å². The van der Waals surface area contributed by atoms with E-state index >= 15 is 0 Å². The summed E-state index contributed by atoms with van der Waals surface area (Å²) in [6.07, 6.45) is 0.422. The van der Waals surface area contributed by atoms with E-state index in [0.717, 1.165) is 0 Å². The zero-order valence-corrected chi connectivity index (χ0v) is 39.4. The van der Waals surface area contributed by atoms with Gasteiger partial charge < -0.3 is 60.6 Å². The van der Waals surface area contributed by atoms with E-state index in [0.29, 0.717) is 44.9 Å². The third-order valence-electron chi connectivity index (χ3n) is 12.4. The number of fused-ring (bicyclic) bond motifs is 12. The molecule has 0 bridgehead atoms. The van der Waals surface area contributed by atoms with Crippen molar-refractivity contribution in [3.8, 4) is 46.0 Å². The van der Waals surface area contributed by atoms with Crippen LogP contribution in [0.1, 0.15) is 87.7 Å². The Balaban J connectivity index is 0.624. The lowest BCUT2D eigenvalue weighted by atomic mass is 9.77. The van der Waals surface area contributed by atoms with Crippen LogP contribution in [0.4, 0.5) is 0 Å². The lowest BCUT2D eigenvalue weighted by Gasteiger charge is -2.36. The maximum absolute atomic E-state index is 13.4. The molecule has 4 heterocycles. The summed E-state index contributed by atoms with van der Waals surface area (Å²) >= 11 is 0. The molecule has 0 fully saturated rings. The van der Waals surface area contributed by atoms with E-state index in [4.69, 9.17) is 18.9 Å². The number of carbonyl (C=O) groups is 6. The van der Waals surface area contributed by atoms with Crippen LogP contribution in [0.5, 0.6) is 46.0 Å². The first-order chi connectivity index (χ1) is 34.7. The summed E-state index contributed by atoms with van der Waals surface area (Å²) in [7, 11) is 2.88. The summed E-state index contributed by atoms with van der Waals surface area (Å²) in [6.45, 7) is 0.570. The van der Waals surface area contributed by atoms with Gasteiger partial charge in [0.25, 0.3) is 11.8 Å². The van der Waals surface area contributed by atoms with Gasteiger partial charge in [-0.2, -0.15) is 0 Å². The van der Waals surface area contributed by atoms with Gasteiger partial charge in [0.1, 0.15) is 46.0 Å². The molecule has 72 heavy (non-hydrogen) atoms. The molecule has 0 saturated carbocycles. The molecule has 4 aliphatic rings. The number of benzene rings is 6. The van der Waals surface area contributed by atoms with Gasteiger partial charge in [-0.1, -0.05) is 33.7 Å². The van der Waals surface area contributed by atoms with Crippen molar-refractivity contribution in [3.63, 3.8) is 0 Å². The monoisotopic (exact) mass is 1010 g/mol. The molecule has 0 radical (unpaired) electrons. The summed E-state index contributed by atoms with van der Waals surface area (Å²) in [4.78, 5) is 78.0. The van der Waals surface area contributed by atoms with E-state index in [1.165, 1.54) is 82.3 Å². The molecular formula is C52H42N4O14S2. The third kappa shape index (κ3) is 8.57. The SMILES string of the molecule is O=C(CCSSCCC(=O)NCCNC(=O)c1ccc2c(c1)C(=O)OC21c2ccc(O)cc2Oc2cc(O)ccc21)NCCNC(=O)c1ccc2c(c1)C(=O)OC21c2ccc(O)cc2Oc2cc(O)ccc21. The Morgan fingerprint density at radius 3 is 1.10 bits per heavy atom. The number of esters is 2. The fourth-order valence-corrected chi connectivity index (χ4v) is 11.2. The predicted molar refractivity (Wildman–Crippen MR) is 261 cm³/mol. The Morgan fingerprint density at radius 2 is 0.750 bits per heavy atom. The lowest BCUT2D eigenvalue weighted by Crippen LogP contribution is -2.35. The summed E-state index contributed by atoms with van der Waals surface area (Å²) in [5, 5.41) is 51.6. The smallest absolute Gasteiger partial charge is 0.340 e. The number of hydrogen-bond donors (Lipinski definition) is 8. The number of ether oxygens (including phenoxy) is 4. The molecule has 4 amide bonds. The Bertz CT molecular complexity index is 2950. The van der Waals surface area contributed by atoms with Crippen LogP contribution in [0, 0.1) is 0 Å². The van der Waals surface area contributed by atoms with Crippen molar-refractivity contribution >= 4 is 57.2 Å². The van der Waals surface area contributed by atoms with E-state index in [1.807, 2.05) is 0 Å². The van der Waals surface area contributed by atoms with Crippen molar-refractivity contribution in [1.29, 1.82) is 0 Å². The largest absolute Gasteiger partial charge is 0.508 e. The van der Waals surface area contributed by atoms with Gasteiger partial charge in [0, 0.05) is 119 Å². The van der Waals surface area contributed by atoms with Gasteiger partial charge in [0.15, 0.2) is 11.2 Å². The first kappa shape index (κ1) is 47.3. The van der Waals surface area contributed by atoms with Crippen LogP contribution < -0.4 is 30.7 Å². The fraction of sp³-hybridized carbons (Fsp3) is 0.192. The minimum Gasteiger partial charge on any atom is -0.508 e. The van der Waals surface area contributed by atoms with Crippen LogP contribution in [-0.4, -0.2) is 93.7 Å². The Hall–Kier alpha value is -8.36. The molecule has 6 aromatic carbocycles. The van der Waals surface area contributed by atoms with Gasteiger partial charge in [-0.25, -0.2) is 9.59 Å². The second-order valence-electron chi connectivity index (χ2n) is 16.9. The maximum atomic E-state index is 13.4. The summed E-state index contributed by atoms with van der Waals surface area (Å²) in [5.74, 6) is -1.07. The Labute approximate surface area is 417 Å². The van der Waals surface area contributed by atoms with Gasteiger partial charge >= 0.3 is 11.9 Å². The zero-order valence-electron chi connectivity index (χ0n) is 37.7. The minimum absolute atomic E-state index is 0.0680. The summed E-state index contributed by atoms with van der Waals surface area (Å²) < 4.78 is 24.1. The van der Waals surface area contributed by atoms with Crippen LogP contribution in [0.15, 0.2) is 109 Å². The number of nitrogens with one attached hydrogen (secondary N) is 4. The zero-order chi connectivity index (χ0) is 50.3. The van der Waals surface area contributed by atoms with Crippen molar-refractivity contribution in [1.82, 2.24) is 21.3 Å². The molecule has 0 unspecified atom stereocenters. The lowest BCUT2D eigenvalue weighted by molar-refractivity contribution is -0.121. The minimum atomic E-state index is -1.45. The molecule has 0 saturated heterocycles. The quantitative estimate of drug-likeness (QED) is 0.0323. The molecule has 2 spiro atoms. The molecule has 6 aromatic rings. The number of carbonyl (C=O) groups excluding carboxylic acids is 6. The Kier molecular flexibility index (Phi) is 12.6. The summed E-state index contributed by atoms with van der Waals surface area (Å²) in [6, 6.07) is 27.0. The van der Waals surface area contributed by atoms with Crippen LogP contribution in [0.25, 0.3) is 0 Å². The van der Waals surface area contributed by atoms with Crippen LogP contribution >= 0.6 is 21.6 Å². The van der Waals surface area contributed by atoms with Gasteiger partial charge in [-0.3, -0.25) is 19.2 Å². The topological polar surface area (TPSA) is 268 Å². The molecule has 366 valence electrons. The molecular weight excluding hydrogens is 969 g/mol. The fourth-order valence-electron chi connectivity index (χ4n) is 9.22. The number of hydrogen-bond acceptors (Lipinski definition) is 16. The molecule has 4 aliphatic heterocycles. The van der Waals surface area contributed by atoms with E-state index in [1.54, 1.807) is 48.5 Å². The first-order valence-electron chi connectivity index (χ1n) is 22.5. The molecule has 0 atom stereocenters. The average molecular weight is 1010 g/mol. The molecule has 18 nitrogen and oxygen atoms in total. The van der Waals surface area contributed by atoms with Crippen molar-refractivity contribution in [2.24, 2.45) is 0 Å². The number of phenolic OH excluding ortho intramolecular Hbond substituents is 4. The van der Waals surface area contributed by atoms with Crippen molar-refractivity contribution < 1.29 is 68.1 Å². The van der Waals surface area contributed by atoms with Crippen LogP contribution in [0.3, 0.4) is 0 Å². The average Bonchev–Trinajstić information content (AvgIpc) is 3.81. The molecule has 10 rings (SSSR count). The predicted octanol–water partition coefficient (Wildman–Crippen LogP) is 6.20. The highest BCUT2D eigenvalue weighted by molar-refractivity contribution is 8.76. The number of phenols is 4. The van der Waals surface area contributed by atoms with E-state index < -0.39 is 35.0 Å². The molecule has 0 aliphatic carbocycles. The second kappa shape index (κ2) is 19.1. The van der Waals surface area contributed by atoms with Crippen molar-refractivity contribution in [2.75, 3.05) is 37.7 Å². The maximum Gasteiger partial charge on any atom is 0.340 e. The van der Waals surface area contributed by atoms with E-state index in [-0.39, 0.29) is 119 Å². The summed E-state index contributed by atoms with van der Waals surface area (Å²) in [5.41, 5.74) is 0.586. The van der Waals surface area contributed by atoms with Crippen LogP contribution in [0.2, 0.25) is 0 Å². The molecule has 0 aromatic heterocycles. The van der Waals surface area contributed by atoms with Crippen molar-refractivity contribution in [3.05, 3.63) is 165 Å². The standard InChI is InChI=1S/C52H42N4O14S2/c57-29-3-9-37-41(23-29)67-42-24-30(58)4-10-38(42)51(37)35-7-1-27(21-33(35)49(65)69-51)47(63)55-17-15-53-45(61)13-19-71-72-20-14-46(62)54-16-18-56-48(64)28-2-8-36-34(22-28)50(66)70-52(36)39-11-5-31(59)25-43(39)68-44-26-32(60)6-12-40(44)52/h1-12,21-26,57-60H,13-20H2,(H,53,61)(H,54,62)(H,55,63)(H,56,64). The van der Waals surface area contributed by atoms with E-state index in [9.17, 15) is 49.2 Å². The van der Waals surface area contributed by atoms with Gasteiger partial charge in [-0.05, 0) is 72.8 Å². The van der Waals surface area contributed by atoms with E-state index in [2.05, 4.69) is 21.3 Å². The molecule has 20 heteroatoms. The van der Waals surface area contributed by atoms with Gasteiger partial charge in [-0.15, -0.1) is 0 Å². The highest BCUT2D eigenvalue weighted by atomic mass is 33.1. The third-order valence-corrected chi connectivity index (χ3v) is 14.9. The van der Waals surface area contributed by atoms with Crippen molar-refractivity contribution in [2.45, 2.75) is 24.0 Å². The normalized spacial score (nSPS) is 14.4. The highest BCUT2D eigenvalue weighted by Crippen LogP contribution is 2.58. The number of amides is 4. The number of aromatic hydroxyl groups is 4. The van der Waals surface area contributed by atoms with Crippen LogP contribution in [-0.2, 0) is 30.3 Å². The Morgan fingerprint density at radius 1 is 0.431 bits per heavy atom. The van der Waals surface area contributed by atoms with Gasteiger partial charge in [0.2, 0.25) is 11.8 Å². The number of rotatable bonds is 15. The second-order valence-corrected chi connectivity index (χ2v) is 19.6. The highest BCUT2D eigenvalue weighted by Gasteiger charge is 2.55.